The van der Waals surface area contributed by atoms with E-state index >= 15 is 0 Å². The molecule has 0 fully saturated rings. The highest BCUT2D eigenvalue weighted by molar-refractivity contribution is 9.11. The highest BCUT2D eigenvalue weighted by Gasteiger charge is 2.17. The van der Waals surface area contributed by atoms with Gasteiger partial charge in [0.1, 0.15) is 11.9 Å². The minimum Gasteiger partial charge on any atom is -0.384 e. The Morgan fingerprint density at radius 1 is 1.06 bits per heavy atom. The molecule has 1 N–H and O–H groups in total. The molecule has 0 saturated carbocycles. The molecule has 0 radical (unpaired) electrons. The zero-order valence-corrected chi connectivity index (χ0v) is 11.9. The number of aliphatic hydroxyl groups is 1. The zero-order chi connectivity index (χ0) is 12.4. The maximum Gasteiger partial charge on any atom is 0.143 e. The van der Waals surface area contributed by atoms with Gasteiger partial charge in [-0.1, -0.05) is 46.3 Å². The first-order chi connectivity index (χ1) is 8.09. The van der Waals surface area contributed by atoms with Crippen molar-refractivity contribution in [2.75, 3.05) is 0 Å². The summed E-state index contributed by atoms with van der Waals surface area (Å²) in [5.74, 6) is -0.440. The standard InChI is InChI=1S/C13H9Br2FO/c14-9-6-10(12(16)11(15)7-9)13(17)8-4-2-1-3-5-8/h1-7,13,17H. The smallest absolute Gasteiger partial charge is 0.143 e. The van der Waals surface area contributed by atoms with E-state index in [1.165, 1.54) is 0 Å². The SMILES string of the molecule is OC(c1ccccc1)c1cc(Br)cc(Br)c1F. The van der Waals surface area contributed by atoms with Crippen molar-refractivity contribution in [3.05, 3.63) is 68.4 Å². The molecular formula is C13H9Br2FO. The lowest BCUT2D eigenvalue weighted by Crippen LogP contribution is -2.03. The summed E-state index contributed by atoms with van der Waals surface area (Å²) in [6, 6.07) is 12.2. The van der Waals surface area contributed by atoms with Crippen LogP contribution in [0.1, 0.15) is 17.2 Å². The molecule has 0 aromatic heterocycles. The number of hydrogen-bond acceptors (Lipinski definition) is 1. The molecule has 0 amide bonds. The van der Waals surface area contributed by atoms with Gasteiger partial charge in [0.05, 0.1) is 4.47 Å². The van der Waals surface area contributed by atoms with Crippen LogP contribution in [0.4, 0.5) is 4.39 Å². The minimum atomic E-state index is -0.968. The van der Waals surface area contributed by atoms with Gasteiger partial charge in [-0.05, 0) is 33.6 Å². The average molecular weight is 360 g/mol. The molecule has 0 aliphatic heterocycles. The third-order valence-electron chi connectivity index (χ3n) is 2.43. The van der Waals surface area contributed by atoms with Gasteiger partial charge in [-0.2, -0.15) is 0 Å². The highest BCUT2D eigenvalue weighted by Crippen LogP contribution is 2.31. The Hall–Kier alpha value is -0.710. The number of halogens is 3. The molecule has 0 spiro atoms. The van der Waals surface area contributed by atoms with E-state index in [0.717, 1.165) is 4.47 Å². The maximum atomic E-state index is 13.9. The summed E-state index contributed by atoms with van der Waals surface area (Å²) in [6.45, 7) is 0. The van der Waals surface area contributed by atoms with E-state index in [1.807, 2.05) is 18.2 Å². The molecule has 1 atom stereocenters. The van der Waals surface area contributed by atoms with Crippen molar-refractivity contribution in [3.8, 4) is 0 Å². The van der Waals surface area contributed by atoms with E-state index < -0.39 is 11.9 Å². The fourth-order valence-electron chi connectivity index (χ4n) is 1.59. The van der Waals surface area contributed by atoms with Gasteiger partial charge in [-0.3, -0.25) is 0 Å². The van der Waals surface area contributed by atoms with Crippen molar-refractivity contribution in [2.45, 2.75) is 6.10 Å². The van der Waals surface area contributed by atoms with E-state index in [2.05, 4.69) is 31.9 Å². The van der Waals surface area contributed by atoms with Crippen molar-refractivity contribution in [1.82, 2.24) is 0 Å². The fourth-order valence-corrected chi connectivity index (χ4v) is 2.85. The van der Waals surface area contributed by atoms with Crippen LogP contribution in [0.3, 0.4) is 0 Å². The Morgan fingerprint density at radius 3 is 2.35 bits per heavy atom. The van der Waals surface area contributed by atoms with Gasteiger partial charge in [-0.25, -0.2) is 4.39 Å². The van der Waals surface area contributed by atoms with Crippen molar-refractivity contribution in [1.29, 1.82) is 0 Å². The van der Waals surface area contributed by atoms with Crippen molar-refractivity contribution < 1.29 is 9.50 Å². The molecule has 2 aromatic carbocycles. The lowest BCUT2D eigenvalue weighted by molar-refractivity contribution is 0.214. The first kappa shape index (κ1) is 12.7. The summed E-state index contributed by atoms with van der Waals surface area (Å²) in [7, 11) is 0. The second-order valence-electron chi connectivity index (χ2n) is 3.60. The normalized spacial score (nSPS) is 12.5. The molecule has 2 aromatic rings. The summed E-state index contributed by atoms with van der Waals surface area (Å²) in [6.07, 6.45) is -0.968. The quantitative estimate of drug-likeness (QED) is 0.786. The molecule has 0 aliphatic rings. The summed E-state index contributed by atoms with van der Waals surface area (Å²) in [4.78, 5) is 0. The van der Waals surface area contributed by atoms with Crippen LogP contribution in [-0.2, 0) is 0 Å². The van der Waals surface area contributed by atoms with E-state index in [9.17, 15) is 9.50 Å². The van der Waals surface area contributed by atoms with E-state index in [0.29, 0.717) is 10.0 Å². The highest BCUT2D eigenvalue weighted by atomic mass is 79.9. The third-order valence-corrected chi connectivity index (χ3v) is 3.47. The molecule has 0 saturated heterocycles. The second-order valence-corrected chi connectivity index (χ2v) is 5.37. The largest absolute Gasteiger partial charge is 0.384 e. The maximum absolute atomic E-state index is 13.9. The minimum absolute atomic E-state index is 0.248. The summed E-state index contributed by atoms with van der Waals surface area (Å²) in [5.41, 5.74) is 0.911. The van der Waals surface area contributed by atoms with E-state index in [-0.39, 0.29) is 5.56 Å². The summed E-state index contributed by atoms with van der Waals surface area (Å²) >= 11 is 6.40. The van der Waals surface area contributed by atoms with Crippen LogP contribution in [0.5, 0.6) is 0 Å². The van der Waals surface area contributed by atoms with Crippen LogP contribution in [0.2, 0.25) is 0 Å². The van der Waals surface area contributed by atoms with Gasteiger partial charge >= 0.3 is 0 Å². The van der Waals surface area contributed by atoms with E-state index in [1.54, 1.807) is 24.3 Å². The van der Waals surface area contributed by atoms with Crippen molar-refractivity contribution in [2.24, 2.45) is 0 Å². The molecule has 4 heteroatoms. The van der Waals surface area contributed by atoms with Crippen LogP contribution in [0.25, 0.3) is 0 Å². The van der Waals surface area contributed by atoms with Crippen LogP contribution in [0, 0.1) is 5.82 Å². The third kappa shape index (κ3) is 2.76. The Balaban J connectivity index is 2.48. The summed E-state index contributed by atoms with van der Waals surface area (Å²) < 4.78 is 14.9. The Morgan fingerprint density at radius 2 is 1.71 bits per heavy atom. The molecular weight excluding hydrogens is 351 g/mol. The van der Waals surface area contributed by atoms with Gasteiger partial charge in [0, 0.05) is 10.0 Å². The predicted octanol–water partition coefficient (Wildman–Crippen LogP) is 4.43. The molecule has 0 bridgehead atoms. The Labute approximate surface area is 116 Å². The van der Waals surface area contributed by atoms with Gasteiger partial charge in [0.15, 0.2) is 0 Å². The van der Waals surface area contributed by atoms with Crippen molar-refractivity contribution in [3.63, 3.8) is 0 Å². The van der Waals surface area contributed by atoms with Gasteiger partial charge in [0.25, 0.3) is 0 Å². The average Bonchev–Trinajstić information content (AvgIpc) is 2.34. The topological polar surface area (TPSA) is 20.2 Å². The number of aliphatic hydroxyl groups excluding tert-OH is 1. The molecule has 0 aliphatic carbocycles. The number of benzene rings is 2. The predicted molar refractivity (Wildman–Crippen MR) is 72.3 cm³/mol. The molecule has 1 unspecified atom stereocenters. The monoisotopic (exact) mass is 358 g/mol. The van der Waals surface area contributed by atoms with Crippen LogP contribution < -0.4 is 0 Å². The van der Waals surface area contributed by atoms with Crippen LogP contribution >= 0.6 is 31.9 Å². The van der Waals surface area contributed by atoms with Crippen LogP contribution in [0.15, 0.2) is 51.4 Å². The molecule has 2 rings (SSSR count). The number of hydrogen-bond donors (Lipinski definition) is 1. The fraction of sp³-hybridized carbons (Fsp3) is 0.0769. The lowest BCUT2D eigenvalue weighted by Gasteiger charge is -2.13. The first-order valence-electron chi connectivity index (χ1n) is 4.97. The molecule has 1 nitrogen and oxygen atoms in total. The molecule has 17 heavy (non-hydrogen) atoms. The Kier molecular flexibility index (Phi) is 3.97. The summed E-state index contributed by atoms with van der Waals surface area (Å²) in [5, 5.41) is 10.1. The number of rotatable bonds is 2. The lowest BCUT2D eigenvalue weighted by atomic mass is 10.0. The van der Waals surface area contributed by atoms with Crippen LogP contribution in [-0.4, -0.2) is 5.11 Å². The van der Waals surface area contributed by atoms with E-state index in [4.69, 9.17) is 0 Å². The molecule has 0 heterocycles. The second kappa shape index (κ2) is 5.29. The molecule has 88 valence electrons. The zero-order valence-electron chi connectivity index (χ0n) is 8.70. The van der Waals surface area contributed by atoms with Gasteiger partial charge in [-0.15, -0.1) is 0 Å². The first-order valence-corrected chi connectivity index (χ1v) is 6.55. The van der Waals surface area contributed by atoms with Gasteiger partial charge in [0.2, 0.25) is 0 Å². The van der Waals surface area contributed by atoms with Gasteiger partial charge < -0.3 is 5.11 Å². The Bertz CT molecular complexity index is 528. The van der Waals surface area contributed by atoms with Crippen molar-refractivity contribution >= 4 is 31.9 Å².